The molecular formula is C4H7NO2. The molecule has 0 heterocycles. The first kappa shape index (κ1) is 4.74. The molecule has 0 aliphatic heterocycles. The van der Waals surface area contributed by atoms with Gasteiger partial charge in [-0.05, 0) is 0 Å². The molecule has 0 aromatic heterocycles. The van der Waals surface area contributed by atoms with Crippen molar-refractivity contribution in [2.45, 2.75) is 18.1 Å². The van der Waals surface area contributed by atoms with Crippen LogP contribution in [0.25, 0.3) is 0 Å². The van der Waals surface area contributed by atoms with Crippen molar-refractivity contribution in [2.24, 2.45) is 5.73 Å². The number of nitrogens with two attached hydrogens (primary N) is 1. The Kier molecular flexibility index (Phi) is 0.711. The molecule has 3 N–H and O–H groups in total. The van der Waals surface area contributed by atoms with E-state index < -0.39 is 5.60 Å². The van der Waals surface area contributed by atoms with Crippen molar-refractivity contribution in [1.82, 2.24) is 0 Å². The molecule has 7 heavy (non-hydrogen) atoms. The third kappa shape index (κ3) is 0.536. The van der Waals surface area contributed by atoms with Gasteiger partial charge in [-0.15, -0.1) is 0 Å². The summed E-state index contributed by atoms with van der Waals surface area (Å²) in [7, 11) is 0. The second-order valence-electron chi connectivity index (χ2n) is 1.92. The van der Waals surface area contributed by atoms with Crippen LogP contribution in [0, 0.1) is 0 Å². The van der Waals surface area contributed by atoms with Gasteiger partial charge in [0.05, 0.1) is 0 Å². The maximum absolute atomic E-state index is 9.77. The predicted octanol–water partition coefficient (Wildman–Crippen LogP) is -1.35. The summed E-state index contributed by atoms with van der Waals surface area (Å²) < 4.78 is 0. The van der Waals surface area contributed by atoms with Crippen molar-refractivity contribution in [3.05, 3.63) is 0 Å². The Morgan fingerprint density at radius 2 is 2.43 bits per heavy atom. The summed E-state index contributed by atoms with van der Waals surface area (Å²) in [5.41, 5.74) is 3.98. The maximum atomic E-state index is 9.77. The van der Waals surface area contributed by atoms with Gasteiger partial charge in [-0.3, -0.25) is 0 Å². The van der Waals surface area contributed by atoms with Crippen LogP contribution in [0.1, 0.15) is 6.42 Å². The van der Waals surface area contributed by atoms with E-state index in [4.69, 9.17) is 10.8 Å². The van der Waals surface area contributed by atoms with Crippen LogP contribution < -0.4 is 5.73 Å². The molecule has 0 radical (unpaired) electrons. The molecule has 1 fully saturated rings. The second kappa shape index (κ2) is 1.05. The average molecular weight is 101 g/mol. The smallest absolute Gasteiger partial charge is 0.153 e. The lowest BCUT2D eigenvalue weighted by molar-refractivity contribution is -0.116. The molecule has 1 aliphatic rings. The van der Waals surface area contributed by atoms with Gasteiger partial charge in [0.1, 0.15) is 5.60 Å². The third-order valence-electron chi connectivity index (χ3n) is 1.23. The molecule has 0 aromatic rings. The molecule has 0 bridgehead atoms. The van der Waals surface area contributed by atoms with E-state index >= 15 is 0 Å². The van der Waals surface area contributed by atoms with Gasteiger partial charge in [0.15, 0.2) is 6.29 Å². The minimum atomic E-state index is -1.15. The van der Waals surface area contributed by atoms with Crippen LogP contribution in [0.3, 0.4) is 0 Å². The van der Waals surface area contributed by atoms with Gasteiger partial charge in [0.2, 0.25) is 0 Å². The minimum absolute atomic E-state index is 0.301. The van der Waals surface area contributed by atoms with Gasteiger partial charge in [0.25, 0.3) is 0 Å². The predicted molar refractivity (Wildman–Crippen MR) is 23.6 cm³/mol. The average Bonchev–Trinajstić information content (AvgIpc) is 2.18. The number of rotatable bonds is 1. The highest BCUT2D eigenvalue weighted by atomic mass is 16.3. The Labute approximate surface area is 41.1 Å². The molecule has 0 spiro atoms. The highest BCUT2D eigenvalue weighted by Crippen LogP contribution is 2.30. The van der Waals surface area contributed by atoms with E-state index in [0.717, 1.165) is 0 Å². The van der Waals surface area contributed by atoms with Crippen molar-refractivity contribution < 1.29 is 9.90 Å². The van der Waals surface area contributed by atoms with Gasteiger partial charge in [0, 0.05) is 12.5 Å². The van der Waals surface area contributed by atoms with Crippen molar-refractivity contribution in [1.29, 1.82) is 0 Å². The molecule has 0 aromatic carbocycles. The molecule has 40 valence electrons. The lowest BCUT2D eigenvalue weighted by Gasteiger charge is -1.90. The maximum Gasteiger partial charge on any atom is 0.153 e. The van der Waals surface area contributed by atoms with Crippen LogP contribution in [0.15, 0.2) is 0 Å². The van der Waals surface area contributed by atoms with Crippen LogP contribution in [0.2, 0.25) is 0 Å². The molecule has 1 saturated carbocycles. The quantitative estimate of drug-likeness (QED) is 0.401. The Morgan fingerprint density at radius 3 is 2.43 bits per heavy atom. The fourth-order valence-electron chi connectivity index (χ4n) is 0.429. The number of hydrogen-bond acceptors (Lipinski definition) is 3. The van der Waals surface area contributed by atoms with Crippen molar-refractivity contribution >= 4 is 6.29 Å². The summed E-state index contributed by atoms with van der Waals surface area (Å²) in [6.45, 7) is 0. The summed E-state index contributed by atoms with van der Waals surface area (Å²) in [5, 5.41) is 8.71. The Hall–Kier alpha value is -0.410. The zero-order chi connectivity index (χ0) is 5.49. The van der Waals surface area contributed by atoms with Crippen molar-refractivity contribution in [2.75, 3.05) is 0 Å². The first-order valence-electron chi connectivity index (χ1n) is 2.13. The molecule has 0 amide bonds. The van der Waals surface area contributed by atoms with Crippen molar-refractivity contribution in [3.8, 4) is 0 Å². The fraction of sp³-hybridized carbons (Fsp3) is 0.750. The highest BCUT2D eigenvalue weighted by molar-refractivity contribution is 5.69. The summed E-state index contributed by atoms with van der Waals surface area (Å²) in [6.07, 6.45) is 0.925. The molecule has 2 atom stereocenters. The first-order chi connectivity index (χ1) is 3.19. The summed E-state index contributed by atoms with van der Waals surface area (Å²) in [5.74, 6) is 0. The lowest BCUT2D eigenvalue weighted by Crippen LogP contribution is -2.20. The van der Waals surface area contributed by atoms with E-state index in [1.54, 1.807) is 0 Å². The van der Waals surface area contributed by atoms with Gasteiger partial charge >= 0.3 is 0 Å². The van der Waals surface area contributed by atoms with E-state index in [0.29, 0.717) is 12.7 Å². The monoisotopic (exact) mass is 101 g/mol. The number of aldehydes is 1. The van der Waals surface area contributed by atoms with E-state index in [1.165, 1.54) is 0 Å². The van der Waals surface area contributed by atoms with Gasteiger partial charge in [-0.2, -0.15) is 0 Å². The number of carbonyl (C=O) groups excluding carboxylic acids is 1. The highest BCUT2D eigenvalue weighted by Gasteiger charge is 2.50. The molecule has 3 heteroatoms. The van der Waals surface area contributed by atoms with Crippen molar-refractivity contribution in [3.63, 3.8) is 0 Å². The summed E-state index contributed by atoms with van der Waals surface area (Å²) in [4.78, 5) is 9.77. The van der Waals surface area contributed by atoms with Crippen LogP contribution >= 0.6 is 0 Å². The Bertz CT molecular complexity index is 104. The standard InChI is InChI=1S/C4H7NO2/c5-3-1-4(3,7)2-6/h2-3,7H,1,5H2. The molecule has 1 aliphatic carbocycles. The zero-order valence-corrected chi connectivity index (χ0v) is 3.79. The lowest BCUT2D eigenvalue weighted by atomic mass is 10.4. The van der Waals surface area contributed by atoms with Crippen LogP contribution in [0.5, 0.6) is 0 Å². The Balaban J connectivity index is 2.51. The van der Waals surface area contributed by atoms with E-state index in [2.05, 4.69) is 0 Å². The van der Waals surface area contributed by atoms with Gasteiger partial charge in [-0.1, -0.05) is 0 Å². The molecular weight excluding hydrogens is 94.0 g/mol. The third-order valence-corrected chi connectivity index (χ3v) is 1.23. The topological polar surface area (TPSA) is 63.3 Å². The van der Waals surface area contributed by atoms with Gasteiger partial charge in [-0.25, -0.2) is 0 Å². The second-order valence-corrected chi connectivity index (χ2v) is 1.92. The van der Waals surface area contributed by atoms with Crippen LogP contribution in [-0.2, 0) is 4.79 Å². The SMILES string of the molecule is NC1CC1(O)C=O. The number of carbonyl (C=O) groups is 1. The van der Waals surface area contributed by atoms with Gasteiger partial charge < -0.3 is 15.6 Å². The molecule has 0 saturated heterocycles. The Morgan fingerprint density at radius 1 is 2.00 bits per heavy atom. The molecule has 2 unspecified atom stereocenters. The van der Waals surface area contributed by atoms with E-state index in [9.17, 15) is 4.79 Å². The van der Waals surface area contributed by atoms with E-state index in [1.807, 2.05) is 0 Å². The molecule has 1 rings (SSSR count). The number of hydrogen-bond donors (Lipinski definition) is 2. The minimum Gasteiger partial charge on any atom is -0.381 e. The van der Waals surface area contributed by atoms with Crippen LogP contribution in [-0.4, -0.2) is 23.0 Å². The van der Waals surface area contributed by atoms with Crippen LogP contribution in [0.4, 0.5) is 0 Å². The summed E-state index contributed by atoms with van der Waals surface area (Å²) >= 11 is 0. The first-order valence-corrected chi connectivity index (χ1v) is 2.13. The largest absolute Gasteiger partial charge is 0.381 e. The zero-order valence-electron chi connectivity index (χ0n) is 3.79. The molecule has 3 nitrogen and oxygen atoms in total. The normalized spacial score (nSPS) is 48.6. The fourth-order valence-corrected chi connectivity index (χ4v) is 0.429. The van der Waals surface area contributed by atoms with E-state index in [-0.39, 0.29) is 6.04 Å². The summed E-state index contributed by atoms with van der Waals surface area (Å²) in [6, 6.07) is -0.301. The number of aliphatic hydroxyl groups is 1.